The summed E-state index contributed by atoms with van der Waals surface area (Å²) in [6, 6.07) is 5.58. The van der Waals surface area contributed by atoms with E-state index in [1.165, 1.54) is 5.57 Å². The van der Waals surface area contributed by atoms with Gasteiger partial charge in [-0.2, -0.15) is 0 Å². The number of allylic oxidation sites excluding steroid dienone is 1. The van der Waals surface area contributed by atoms with Gasteiger partial charge in [-0.15, -0.1) is 0 Å². The molecule has 0 aliphatic heterocycles. The van der Waals surface area contributed by atoms with Gasteiger partial charge in [-0.1, -0.05) is 22.9 Å². The van der Waals surface area contributed by atoms with Crippen molar-refractivity contribution in [1.82, 2.24) is 5.32 Å². The van der Waals surface area contributed by atoms with Crippen LogP contribution in [0.15, 0.2) is 35.0 Å². The zero-order chi connectivity index (χ0) is 14.3. The summed E-state index contributed by atoms with van der Waals surface area (Å²) in [7, 11) is 1.56. The molecule has 0 spiro atoms. The minimum absolute atomic E-state index is 0.0425. The highest BCUT2D eigenvalue weighted by atomic mass is 16.5. The second-order valence-corrected chi connectivity index (χ2v) is 4.43. The molecule has 0 radical (unpaired) electrons. The van der Waals surface area contributed by atoms with E-state index in [2.05, 4.69) is 30.4 Å². The lowest BCUT2D eigenvalue weighted by molar-refractivity contribution is 0.318. The van der Waals surface area contributed by atoms with Gasteiger partial charge < -0.3 is 21.0 Å². The maximum Gasteiger partial charge on any atom is 0.173 e. The Hall–Kier alpha value is -2.01. The number of ether oxygens (including phenoxy) is 1. The number of nitrogens with one attached hydrogen (secondary N) is 1. The summed E-state index contributed by atoms with van der Waals surface area (Å²) in [5.74, 6) is 0.637. The monoisotopic (exact) mass is 263 g/mol. The maximum absolute atomic E-state index is 8.69. The van der Waals surface area contributed by atoms with Gasteiger partial charge in [-0.05, 0) is 31.5 Å². The average Bonchev–Trinajstić information content (AvgIpc) is 2.42. The van der Waals surface area contributed by atoms with E-state index in [4.69, 9.17) is 15.7 Å². The fraction of sp³-hybridized carbons (Fsp3) is 0.357. The summed E-state index contributed by atoms with van der Waals surface area (Å²) >= 11 is 0. The number of rotatable bonds is 6. The topological polar surface area (TPSA) is 79.9 Å². The molecule has 5 nitrogen and oxygen atoms in total. The molecule has 0 saturated heterocycles. The first kappa shape index (κ1) is 15.0. The number of amidine groups is 1. The highest BCUT2D eigenvalue weighted by molar-refractivity contribution is 5.99. The lowest BCUT2D eigenvalue weighted by atomic mass is 10.1. The van der Waals surface area contributed by atoms with E-state index in [0.717, 1.165) is 18.7 Å². The normalized spacial score (nSPS) is 11.2. The maximum atomic E-state index is 8.69. The molecule has 0 bridgehead atoms. The van der Waals surface area contributed by atoms with Crippen LogP contribution in [0.4, 0.5) is 0 Å². The third kappa shape index (κ3) is 4.63. The SMILES string of the molecule is COc1cc(CNCC=C(C)C)ccc1/C(N)=N/O. The standard InChI is InChI=1S/C14H21N3O2/c1-10(2)6-7-16-9-11-4-5-12(14(15)17-18)13(8-11)19-3/h4-6,8,16,18H,7,9H2,1-3H3,(H2,15,17). The predicted molar refractivity (Wildman–Crippen MR) is 76.6 cm³/mol. The second kappa shape index (κ2) is 7.43. The third-order valence-corrected chi connectivity index (χ3v) is 2.63. The predicted octanol–water partition coefficient (Wildman–Crippen LogP) is 1.85. The molecular weight excluding hydrogens is 242 g/mol. The molecule has 0 unspecified atom stereocenters. The number of benzene rings is 1. The van der Waals surface area contributed by atoms with E-state index in [0.29, 0.717) is 11.3 Å². The van der Waals surface area contributed by atoms with Crippen LogP contribution in [0.1, 0.15) is 25.0 Å². The van der Waals surface area contributed by atoms with Gasteiger partial charge in [0, 0.05) is 13.1 Å². The molecule has 104 valence electrons. The molecule has 0 aliphatic carbocycles. The smallest absolute Gasteiger partial charge is 0.173 e. The molecule has 0 fully saturated rings. The van der Waals surface area contributed by atoms with Gasteiger partial charge in [0.25, 0.3) is 0 Å². The summed E-state index contributed by atoms with van der Waals surface area (Å²) in [5.41, 5.74) is 8.52. The van der Waals surface area contributed by atoms with Crippen molar-refractivity contribution in [3.8, 4) is 5.75 Å². The number of hydrogen-bond donors (Lipinski definition) is 3. The number of nitrogens with two attached hydrogens (primary N) is 1. The van der Waals surface area contributed by atoms with Crippen LogP contribution in [-0.2, 0) is 6.54 Å². The fourth-order valence-corrected chi connectivity index (χ4v) is 1.60. The minimum atomic E-state index is 0.0425. The summed E-state index contributed by atoms with van der Waals surface area (Å²) in [4.78, 5) is 0. The van der Waals surface area contributed by atoms with Crippen LogP contribution in [0.5, 0.6) is 5.75 Å². The van der Waals surface area contributed by atoms with Gasteiger partial charge in [0.05, 0.1) is 12.7 Å². The van der Waals surface area contributed by atoms with Crippen LogP contribution in [-0.4, -0.2) is 24.7 Å². The number of hydrogen-bond acceptors (Lipinski definition) is 4. The first-order valence-electron chi connectivity index (χ1n) is 6.07. The Kier molecular flexibility index (Phi) is 5.89. The summed E-state index contributed by atoms with van der Waals surface area (Å²) in [6.07, 6.45) is 2.13. The van der Waals surface area contributed by atoms with Crippen molar-refractivity contribution in [2.24, 2.45) is 10.9 Å². The molecule has 0 heterocycles. The van der Waals surface area contributed by atoms with E-state index in [1.54, 1.807) is 13.2 Å². The van der Waals surface area contributed by atoms with Gasteiger partial charge >= 0.3 is 0 Å². The first-order valence-corrected chi connectivity index (χ1v) is 6.07. The molecule has 1 rings (SSSR count). The Morgan fingerprint density at radius 3 is 2.79 bits per heavy atom. The Morgan fingerprint density at radius 2 is 2.21 bits per heavy atom. The van der Waals surface area contributed by atoms with Gasteiger partial charge in [0.2, 0.25) is 0 Å². The van der Waals surface area contributed by atoms with Crippen molar-refractivity contribution >= 4 is 5.84 Å². The molecule has 1 aromatic rings. The van der Waals surface area contributed by atoms with E-state index >= 15 is 0 Å². The molecule has 0 saturated carbocycles. The molecule has 1 aromatic carbocycles. The zero-order valence-corrected chi connectivity index (χ0v) is 11.6. The van der Waals surface area contributed by atoms with Crippen molar-refractivity contribution in [1.29, 1.82) is 0 Å². The van der Waals surface area contributed by atoms with E-state index in [1.807, 2.05) is 12.1 Å². The Balaban J connectivity index is 2.74. The highest BCUT2D eigenvalue weighted by Gasteiger charge is 2.08. The van der Waals surface area contributed by atoms with Crippen LogP contribution >= 0.6 is 0 Å². The van der Waals surface area contributed by atoms with Crippen LogP contribution in [0.3, 0.4) is 0 Å². The Labute approximate surface area is 113 Å². The van der Waals surface area contributed by atoms with Crippen LogP contribution in [0, 0.1) is 0 Å². The molecule has 0 aromatic heterocycles. The van der Waals surface area contributed by atoms with Crippen molar-refractivity contribution in [3.63, 3.8) is 0 Å². The molecule has 0 atom stereocenters. The van der Waals surface area contributed by atoms with Crippen molar-refractivity contribution < 1.29 is 9.94 Å². The largest absolute Gasteiger partial charge is 0.496 e. The van der Waals surface area contributed by atoms with Gasteiger partial charge in [0.1, 0.15) is 5.75 Å². The molecule has 0 amide bonds. The summed E-state index contributed by atoms with van der Waals surface area (Å²) in [5, 5.41) is 15.0. The third-order valence-electron chi connectivity index (χ3n) is 2.63. The van der Waals surface area contributed by atoms with E-state index < -0.39 is 0 Å². The van der Waals surface area contributed by atoms with Crippen molar-refractivity contribution in [3.05, 3.63) is 41.0 Å². The van der Waals surface area contributed by atoms with Gasteiger partial charge in [-0.25, -0.2) is 0 Å². The molecular formula is C14H21N3O2. The number of methoxy groups -OCH3 is 1. The summed E-state index contributed by atoms with van der Waals surface area (Å²) < 4.78 is 5.24. The molecule has 0 aliphatic rings. The van der Waals surface area contributed by atoms with E-state index in [-0.39, 0.29) is 5.84 Å². The Bertz CT molecular complexity index is 478. The van der Waals surface area contributed by atoms with Gasteiger partial charge in [-0.3, -0.25) is 0 Å². The summed E-state index contributed by atoms with van der Waals surface area (Å²) in [6.45, 7) is 5.69. The van der Waals surface area contributed by atoms with Crippen LogP contribution in [0.25, 0.3) is 0 Å². The number of oxime groups is 1. The van der Waals surface area contributed by atoms with Crippen molar-refractivity contribution in [2.45, 2.75) is 20.4 Å². The van der Waals surface area contributed by atoms with Crippen LogP contribution in [0.2, 0.25) is 0 Å². The first-order chi connectivity index (χ1) is 9.08. The molecule has 5 heteroatoms. The lowest BCUT2D eigenvalue weighted by Crippen LogP contribution is -2.16. The fourth-order valence-electron chi connectivity index (χ4n) is 1.60. The quantitative estimate of drug-likeness (QED) is 0.183. The van der Waals surface area contributed by atoms with Crippen molar-refractivity contribution in [2.75, 3.05) is 13.7 Å². The molecule has 4 N–H and O–H groups in total. The second-order valence-electron chi connectivity index (χ2n) is 4.43. The Morgan fingerprint density at radius 1 is 1.47 bits per heavy atom. The highest BCUT2D eigenvalue weighted by Crippen LogP contribution is 2.19. The average molecular weight is 263 g/mol. The molecule has 19 heavy (non-hydrogen) atoms. The zero-order valence-electron chi connectivity index (χ0n) is 11.6. The van der Waals surface area contributed by atoms with Gasteiger partial charge in [0.15, 0.2) is 5.84 Å². The number of nitrogens with zero attached hydrogens (tertiary/aromatic N) is 1. The minimum Gasteiger partial charge on any atom is -0.496 e. The van der Waals surface area contributed by atoms with Crippen LogP contribution < -0.4 is 15.8 Å². The van der Waals surface area contributed by atoms with E-state index in [9.17, 15) is 0 Å². The lowest BCUT2D eigenvalue weighted by Gasteiger charge is -2.10.